The fourth-order valence-corrected chi connectivity index (χ4v) is 5.16. The topological polar surface area (TPSA) is 127 Å². The van der Waals surface area contributed by atoms with Crippen LogP contribution in [0, 0.1) is 5.92 Å². The lowest BCUT2D eigenvalue weighted by Crippen LogP contribution is -2.47. The largest absolute Gasteiger partial charge is 0.497 e. The second-order valence-electron chi connectivity index (χ2n) is 8.94. The first-order valence-corrected chi connectivity index (χ1v) is 13.1. The number of aryl methyl sites for hydroxylation is 1. The maximum atomic E-state index is 13.2. The van der Waals surface area contributed by atoms with Crippen LogP contribution >= 0.6 is 0 Å². The number of hydrogen-bond donors (Lipinski definition) is 1. The van der Waals surface area contributed by atoms with E-state index in [9.17, 15) is 18.3 Å². The number of fused-ring (bicyclic) bond motifs is 2. The van der Waals surface area contributed by atoms with Gasteiger partial charge in [0.05, 0.1) is 43.6 Å². The van der Waals surface area contributed by atoms with Gasteiger partial charge in [0, 0.05) is 39.0 Å². The molecule has 1 aromatic heterocycles. The number of likely N-dealkylation sites (N-methyl/N-ethyl adjacent to an activating group) is 1. The summed E-state index contributed by atoms with van der Waals surface area (Å²) in [6.07, 6.45) is 2.14. The first kappa shape index (κ1) is 27.1. The molecule has 3 atom stereocenters. The number of aliphatic hydroxyl groups is 1. The van der Waals surface area contributed by atoms with E-state index in [1.54, 1.807) is 34.8 Å². The Labute approximate surface area is 206 Å². The average molecular weight is 510 g/mol. The zero-order valence-electron chi connectivity index (χ0n) is 20.7. The average Bonchev–Trinajstić information content (AvgIpc) is 3.31. The number of sulfonamides is 1. The highest BCUT2D eigenvalue weighted by Crippen LogP contribution is 2.22. The molecule has 2 heterocycles. The van der Waals surface area contributed by atoms with Crippen LogP contribution in [0.1, 0.15) is 32.4 Å². The van der Waals surface area contributed by atoms with Crippen molar-refractivity contribution in [3.63, 3.8) is 0 Å². The normalized spacial score (nSPS) is 21.2. The summed E-state index contributed by atoms with van der Waals surface area (Å²) in [5, 5.41) is 17.9. The quantitative estimate of drug-likeness (QED) is 0.589. The number of benzene rings is 1. The molecule has 3 rings (SSSR count). The van der Waals surface area contributed by atoms with Crippen molar-refractivity contribution < 1.29 is 27.8 Å². The van der Waals surface area contributed by atoms with Crippen LogP contribution in [-0.4, -0.2) is 89.6 Å². The van der Waals surface area contributed by atoms with Crippen molar-refractivity contribution in [3.8, 4) is 5.75 Å². The second-order valence-corrected chi connectivity index (χ2v) is 11.0. The van der Waals surface area contributed by atoms with E-state index in [-0.39, 0.29) is 42.5 Å². The number of amides is 1. The smallest absolute Gasteiger partial charge is 0.242 e. The Kier molecular flexibility index (Phi) is 9.22. The Balaban J connectivity index is 1.84. The zero-order valence-corrected chi connectivity index (χ0v) is 21.5. The number of nitrogens with zero attached hydrogens (tertiary/aromatic N) is 5. The molecule has 12 heteroatoms. The fourth-order valence-electron chi connectivity index (χ4n) is 3.97. The van der Waals surface area contributed by atoms with Crippen molar-refractivity contribution >= 4 is 15.9 Å². The third-order valence-electron chi connectivity index (χ3n) is 6.25. The highest BCUT2D eigenvalue weighted by Gasteiger charge is 2.31. The van der Waals surface area contributed by atoms with Crippen LogP contribution < -0.4 is 4.74 Å². The van der Waals surface area contributed by atoms with Crippen molar-refractivity contribution in [1.29, 1.82) is 0 Å². The predicted molar refractivity (Wildman–Crippen MR) is 128 cm³/mol. The highest BCUT2D eigenvalue weighted by atomic mass is 32.2. The summed E-state index contributed by atoms with van der Waals surface area (Å²) in [4.78, 5) is 14.8. The van der Waals surface area contributed by atoms with Crippen LogP contribution in [-0.2, 0) is 32.7 Å². The molecule has 1 aliphatic heterocycles. The minimum Gasteiger partial charge on any atom is -0.497 e. The van der Waals surface area contributed by atoms with Gasteiger partial charge >= 0.3 is 0 Å². The summed E-state index contributed by atoms with van der Waals surface area (Å²) >= 11 is 0. The Bertz CT molecular complexity index is 1070. The van der Waals surface area contributed by atoms with Gasteiger partial charge in [-0.3, -0.25) is 9.48 Å². The Morgan fingerprint density at radius 3 is 2.69 bits per heavy atom. The van der Waals surface area contributed by atoms with Crippen LogP contribution in [0.15, 0.2) is 35.4 Å². The summed E-state index contributed by atoms with van der Waals surface area (Å²) in [5.74, 6) is 0.266. The van der Waals surface area contributed by atoms with E-state index in [1.165, 1.54) is 30.6 Å². The Hall–Kier alpha value is -2.54. The standard InChI is InChI=1S/C23H35N5O6S/c1-17-12-28(18(2)15-29)23(30)6-5-11-27-13-19(24-25-27)16-34-22(17)14-26(3)35(31,32)21-9-7-20(33-4)8-10-21/h7-10,13,17-18,22,29H,5-6,11-12,14-16H2,1-4H3/t17-,18-,22-/m1/s1. The lowest BCUT2D eigenvalue weighted by molar-refractivity contribution is -0.136. The minimum atomic E-state index is -3.79. The summed E-state index contributed by atoms with van der Waals surface area (Å²) in [7, 11) is -0.762. The summed E-state index contributed by atoms with van der Waals surface area (Å²) in [6.45, 7) is 4.64. The van der Waals surface area contributed by atoms with Gasteiger partial charge in [-0.15, -0.1) is 5.10 Å². The second kappa shape index (κ2) is 11.9. The third-order valence-corrected chi connectivity index (χ3v) is 8.09. The number of rotatable bonds is 7. The molecule has 0 fully saturated rings. The number of carbonyl (C=O) groups excluding carboxylic acids is 1. The van der Waals surface area contributed by atoms with Crippen LogP contribution in [0.5, 0.6) is 5.75 Å². The number of hydrogen-bond acceptors (Lipinski definition) is 8. The van der Waals surface area contributed by atoms with Crippen molar-refractivity contribution in [2.45, 2.75) is 56.9 Å². The molecule has 0 unspecified atom stereocenters. The van der Waals surface area contributed by atoms with E-state index in [2.05, 4.69) is 10.3 Å². The lowest BCUT2D eigenvalue weighted by Gasteiger charge is -2.35. The molecule has 2 aromatic rings. The molecule has 0 saturated carbocycles. The molecule has 35 heavy (non-hydrogen) atoms. The van der Waals surface area contributed by atoms with Gasteiger partial charge < -0.3 is 19.5 Å². The molecule has 11 nitrogen and oxygen atoms in total. The first-order valence-electron chi connectivity index (χ1n) is 11.7. The molecule has 1 aromatic carbocycles. The third kappa shape index (κ3) is 6.78. The predicted octanol–water partition coefficient (Wildman–Crippen LogP) is 1.13. The SMILES string of the molecule is COc1ccc(S(=O)(=O)N(C)C[C@H]2OCc3cn(nn3)CCCC(=O)N([C@H](C)CO)C[C@H]2C)cc1. The number of aromatic nitrogens is 3. The molecule has 0 saturated heterocycles. The molecular formula is C23H35N5O6S. The number of methoxy groups -OCH3 is 1. The van der Waals surface area contributed by atoms with E-state index in [0.29, 0.717) is 37.4 Å². The monoisotopic (exact) mass is 509 g/mol. The van der Waals surface area contributed by atoms with E-state index in [0.717, 1.165) is 0 Å². The molecule has 1 amide bonds. The lowest BCUT2D eigenvalue weighted by atomic mass is 10.0. The van der Waals surface area contributed by atoms with Gasteiger partial charge in [0.1, 0.15) is 11.4 Å². The van der Waals surface area contributed by atoms with Gasteiger partial charge in [-0.2, -0.15) is 4.31 Å². The van der Waals surface area contributed by atoms with Gasteiger partial charge in [0.15, 0.2) is 0 Å². The van der Waals surface area contributed by atoms with Gasteiger partial charge in [0.25, 0.3) is 0 Å². The molecule has 1 N–H and O–H groups in total. The summed E-state index contributed by atoms with van der Waals surface area (Å²) < 4.78 is 40.6. The summed E-state index contributed by atoms with van der Waals surface area (Å²) in [5.41, 5.74) is 0.633. The number of carbonyl (C=O) groups is 1. The van der Waals surface area contributed by atoms with E-state index >= 15 is 0 Å². The molecule has 0 radical (unpaired) electrons. The van der Waals surface area contributed by atoms with Crippen LogP contribution in [0.25, 0.3) is 0 Å². The number of aliphatic hydroxyl groups excluding tert-OH is 1. The first-order chi connectivity index (χ1) is 16.6. The maximum Gasteiger partial charge on any atom is 0.242 e. The van der Waals surface area contributed by atoms with Crippen molar-refractivity contribution in [2.75, 3.05) is 33.9 Å². The molecule has 1 aliphatic rings. The maximum absolute atomic E-state index is 13.2. The fraction of sp³-hybridized carbons (Fsp3) is 0.609. The highest BCUT2D eigenvalue weighted by molar-refractivity contribution is 7.89. The number of ether oxygens (including phenoxy) is 2. The molecule has 194 valence electrons. The molecular weight excluding hydrogens is 474 g/mol. The Morgan fingerprint density at radius 1 is 1.31 bits per heavy atom. The van der Waals surface area contributed by atoms with Gasteiger partial charge in [-0.1, -0.05) is 12.1 Å². The molecule has 0 spiro atoms. The van der Waals surface area contributed by atoms with E-state index in [1.807, 2.05) is 6.92 Å². The molecule has 0 aliphatic carbocycles. The van der Waals surface area contributed by atoms with Crippen molar-refractivity contribution in [1.82, 2.24) is 24.2 Å². The zero-order chi connectivity index (χ0) is 25.6. The minimum absolute atomic E-state index is 0.0687. The van der Waals surface area contributed by atoms with Gasteiger partial charge in [-0.25, -0.2) is 8.42 Å². The van der Waals surface area contributed by atoms with Crippen LogP contribution in [0.3, 0.4) is 0 Å². The van der Waals surface area contributed by atoms with Crippen LogP contribution in [0.4, 0.5) is 0 Å². The van der Waals surface area contributed by atoms with Crippen molar-refractivity contribution in [2.24, 2.45) is 5.92 Å². The van der Waals surface area contributed by atoms with Gasteiger partial charge in [0.2, 0.25) is 15.9 Å². The summed E-state index contributed by atoms with van der Waals surface area (Å²) in [6, 6.07) is 5.83. The van der Waals surface area contributed by atoms with Crippen molar-refractivity contribution in [3.05, 3.63) is 36.2 Å². The van der Waals surface area contributed by atoms with Gasteiger partial charge in [-0.05, 0) is 37.6 Å². The van der Waals surface area contributed by atoms with Crippen LogP contribution in [0.2, 0.25) is 0 Å². The van der Waals surface area contributed by atoms with E-state index in [4.69, 9.17) is 9.47 Å². The molecule has 2 bridgehead atoms. The van der Waals surface area contributed by atoms with E-state index < -0.39 is 16.1 Å². The Morgan fingerprint density at radius 2 is 2.03 bits per heavy atom.